The second-order valence-corrected chi connectivity index (χ2v) is 5.12. The Balaban J connectivity index is 2.76. The van der Waals surface area contributed by atoms with Crippen LogP contribution in [0.15, 0.2) is 6.07 Å². The zero-order chi connectivity index (χ0) is 12.8. The highest BCUT2D eigenvalue weighted by Gasteiger charge is 2.17. The molecule has 0 radical (unpaired) electrons. The number of amides is 1. The van der Waals surface area contributed by atoms with Crippen molar-refractivity contribution in [3.05, 3.63) is 16.0 Å². The van der Waals surface area contributed by atoms with Crippen LogP contribution in [0.2, 0.25) is 4.34 Å². The highest BCUT2D eigenvalue weighted by atomic mass is 35.5. The molecule has 1 aromatic rings. The van der Waals surface area contributed by atoms with Gasteiger partial charge in [0.05, 0.1) is 17.0 Å². The summed E-state index contributed by atoms with van der Waals surface area (Å²) in [4.78, 5) is 23.0. The Morgan fingerprint density at radius 2 is 2.24 bits per heavy atom. The summed E-state index contributed by atoms with van der Waals surface area (Å²) >= 11 is 6.97. The SMILES string of the molecule is CCCCC(=O)Nc1sc(Cl)cc1C(=O)OC. The van der Waals surface area contributed by atoms with E-state index in [-0.39, 0.29) is 5.91 Å². The van der Waals surface area contributed by atoms with Crippen LogP contribution in [0.25, 0.3) is 0 Å². The van der Waals surface area contributed by atoms with Crippen LogP contribution in [-0.4, -0.2) is 19.0 Å². The van der Waals surface area contributed by atoms with Gasteiger partial charge in [-0.15, -0.1) is 11.3 Å². The van der Waals surface area contributed by atoms with Crippen LogP contribution in [0, 0.1) is 0 Å². The number of esters is 1. The van der Waals surface area contributed by atoms with Crippen molar-refractivity contribution in [2.24, 2.45) is 0 Å². The number of carbonyl (C=O) groups excluding carboxylic acids is 2. The van der Waals surface area contributed by atoms with E-state index in [0.29, 0.717) is 21.3 Å². The van der Waals surface area contributed by atoms with Crippen molar-refractivity contribution in [3.8, 4) is 0 Å². The molecule has 0 saturated heterocycles. The van der Waals surface area contributed by atoms with Crippen LogP contribution in [0.4, 0.5) is 5.00 Å². The Morgan fingerprint density at radius 3 is 2.82 bits per heavy atom. The summed E-state index contributed by atoms with van der Waals surface area (Å²) in [5.41, 5.74) is 0.298. The molecule has 4 nitrogen and oxygen atoms in total. The molecule has 0 atom stereocenters. The van der Waals surface area contributed by atoms with Gasteiger partial charge in [-0.25, -0.2) is 4.79 Å². The summed E-state index contributed by atoms with van der Waals surface area (Å²) in [7, 11) is 1.29. The van der Waals surface area contributed by atoms with Crippen molar-refractivity contribution < 1.29 is 14.3 Å². The molecule has 0 saturated carbocycles. The highest BCUT2D eigenvalue weighted by molar-refractivity contribution is 7.20. The first-order valence-electron chi connectivity index (χ1n) is 5.26. The van der Waals surface area contributed by atoms with Gasteiger partial charge in [-0.05, 0) is 12.5 Å². The quantitative estimate of drug-likeness (QED) is 0.839. The number of rotatable bonds is 5. The second-order valence-electron chi connectivity index (χ2n) is 3.44. The molecule has 0 bridgehead atoms. The lowest BCUT2D eigenvalue weighted by Gasteiger charge is -2.04. The average molecular weight is 276 g/mol. The topological polar surface area (TPSA) is 55.4 Å². The minimum absolute atomic E-state index is 0.115. The molecule has 1 amide bonds. The first-order valence-corrected chi connectivity index (χ1v) is 6.45. The normalized spacial score (nSPS) is 10.1. The molecule has 0 aliphatic carbocycles. The Bertz CT molecular complexity index is 417. The lowest BCUT2D eigenvalue weighted by molar-refractivity contribution is -0.116. The zero-order valence-electron chi connectivity index (χ0n) is 9.71. The number of carbonyl (C=O) groups is 2. The van der Waals surface area contributed by atoms with E-state index in [1.54, 1.807) is 0 Å². The maximum Gasteiger partial charge on any atom is 0.340 e. The largest absolute Gasteiger partial charge is 0.465 e. The van der Waals surface area contributed by atoms with E-state index in [0.717, 1.165) is 24.2 Å². The van der Waals surface area contributed by atoms with Crippen LogP contribution in [-0.2, 0) is 9.53 Å². The van der Waals surface area contributed by atoms with E-state index in [9.17, 15) is 9.59 Å². The van der Waals surface area contributed by atoms with Crippen LogP contribution >= 0.6 is 22.9 Å². The van der Waals surface area contributed by atoms with Crippen molar-refractivity contribution in [2.75, 3.05) is 12.4 Å². The Morgan fingerprint density at radius 1 is 1.53 bits per heavy atom. The number of hydrogen-bond acceptors (Lipinski definition) is 4. The van der Waals surface area contributed by atoms with Crippen molar-refractivity contribution in [3.63, 3.8) is 0 Å². The van der Waals surface area contributed by atoms with Gasteiger partial charge in [0.25, 0.3) is 0 Å². The van der Waals surface area contributed by atoms with Gasteiger partial charge in [-0.2, -0.15) is 0 Å². The molecule has 17 heavy (non-hydrogen) atoms. The first-order chi connectivity index (χ1) is 8.08. The van der Waals surface area contributed by atoms with E-state index in [4.69, 9.17) is 11.6 Å². The maximum atomic E-state index is 11.5. The van der Waals surface area contributed by atoms with Gasteiger partial charge in [0.15, 0.2) is 0 Å². The third-order valence-electron chi connectivity index (χ3n) is 2.12. The molecule has 1 rings (SSSR count). The summed E-state index contributed by atoms with van der Waals surface area (Å²) in [6, 6.07) is 1.49. The number of methoxy groups -OCH3 is 1. The summed E-state index contributed by atoms with van der Waals surface area (Å²) in [6.45, 7) is 2.01. The summed E-state index contributed by atoms with van der Waals surface area (Å²) in [6.07, 6.45) is 2.20. The van der Waals surface area contributed by atoms with Crippen molar-refractivity contribution in [1.29, 1.82) is 0 Å². The number of thiophene rings is 1. The zero-order valence-corrected chi connectivity index (χ0v) is 11.3. The molecule has 0 aromatic carbocycles. The van der Waals surface area contributed by atoms with Crippen LogP contribution in [0.5, 0.6) is 0 Å². The maximum absolute atomic E-state index is 11.5. The number of halogens is 1. The van der Waals surface area contributed by atoms with Gasteiger partial charge < -0.3 is 10.1 Å². The molecule has 1 N–H and O–H groups in total. The number of nitrogens with one attached hydrogen (secondary N) is 1. The van der Waals surface area contributed by atoms with E-state index in [1.807, 2.05) is 6.92 Å². The molecule has 6 heteroatoms. The number of anilines is 1. The predicted octanol–water partition coefficient (Wildman–Crippen LogP) is 3.32. The highest BCUT2D eigenvalue weighted by Crippen LogP contribution is 2.32. The van der Waals surface area contributed by atoms with Gasteiger partial charge >= 0.3 is 5.97 Å². The second kappa shape index (κ2) is 6.61. The molecule has 0 aliphatic rings. The van der Waals surface area contributed by atoms with Crippen molar-refractivity contribution in [1.82, 2.24) is 0 Å². The van der Waals surface area contributed by atoms with Gasteiger partial charge in [0.2, 0.25) is 5.91 Å². The minimum Gasteiger partial charge on any atom is -0.465 e. The Kier molecular flexibility index (Phi) is 5.44. The Hall–Kier alpha value is -1.07. The van der Waals surface area contributed by atoms with Gasteiger partial charge in [0.1, 0.15) is 5.00 Å². The molecule has 1 heterocycles. The smallest absolute Gasteiger partial charge is 0.340 e. The van der Waals surface area contributed by atoms with E-state index < -0.39 is 5.97 Å². The summed E-state index contributed by atoms with van der Waals surface area (Å²) in [5, 5.41) is 3.12. The van der Waals surface area contributed by atoms with E-state index >= 15 is 0 Å². The fraction of sp³-hybridized carbons (Fsp3) is 0.455. The monoisotopic (exact) mass is 275 g/mol. The predicted molar refractivity (Wildman–Crippen MR) is 68.8 cm³/mol. The molecule has 94 valence electrons. The number of ether oxygens (including phenoxy) is 1. The fourth-order valence-corrected chi connectivity index (χ4v) is 2.37. The molecular weight excluding hydrogens is 262 g/mol. The average Bonchev–Trinajstić information content (AvgIpc) is 2.66. The van der Waals surface area contributed by atoms with Gasteiger partial charge in [-0.3, -0.25) is 4.79 Å². The molecular formula is C11H14ClNO3S. The van der Waals surface area contributed by atoms with Crippen molar-refractivity contribution in [2.45, 2.75) is 26.2 Å². The van der Waals surface area contributed by atoms with Gasteiger partial charge in [-0.1, -0.05) is 24.9 Å². The lowest BCUT2D eigenvalue weighted by Crippen LogP contribution is -2.12. The minimum atomic E-state index is -0.501. The molecule has 0 unspecified atom stereocenters. The molecule has 1 aromatic heterocycles. The number of hydrogen-bond donors (Lipinski definition) is 1. The summed E-state index contributed by atoms with van der Waals surface area (Å²) < 4.78 is 5.05. The number of unbranched alkanes of at least 4 members (excludes halogenated alkanes) is 1. The fourth-order valence-electron chi connectivity index (χ4n) is 1.24. The Labute approximate surface area is 109 Å². The van der Waals surface area contributed by atoms with Gasteiger partial charge in [0, 0.05) is 6.42 Å². The molecule has 0 spiro atoms. The third-order valence-corrected chi connectivity index (χ3v) is 3.30. The molecule has 0 aliphatic heterocycles. The van der Waals surface area contributed by atoms with Crippen LogP contribution in [0.1, 0.15) is 36.5 Å². The standard InChI is InChI=1S/C11H14ClNO3S/c1-3-4-5-9(14)13-10-7(11(15)16-2)6-8(12)17-10/h6H,3-5H2,1-2H3,(H,13,14). The van der Waals surface area contributed by atoms with Crippen molar-refractivity contribution >= 4 is 39.8 Å². The summed E-state index contributed by atoms with van der Waals surface area (Å²) in [5.74, 6) is -0.616. The third kappa shape index (κ3) is 4.02. The first kappa shape index (κ1) is 14.0. The molecule has 0 fully saturated rings. The van der Waals surface area contributed by atoms with Crippen LogP contribution < -0.4 is 5.32 Å². The van der Waals surface area contributed by atoms with E-state index in [1.165, 1.54) is 13.2 Å². The van der Waals surface area contributed by atoms with E-state index in [2.05, 4.69) is 10.1 Å². The lowest BCUT2D eigenvalue weighted by atomic mass is 10.2. The van der Waals surface area contributed by atoms with Crippen LogP contribution in [0.3, 0.4) is 0 Å².